The lowest BCUT2D eigenvalue weighted by molar-refractivity contribution is -0.140. The highest BCUT2D eigenvalue weighted by Crippen LogP contribution is 2.48. The van der Waals surface area contributed by atoms with E-state index >= 15 is 0 Å². The fraction of sp³-hybridized carbons (Fsp3) is 0.217. The monoisotopic (exact) mass is 489 g/mol. The molecule has 0 bridgehead atoms. The van der Waals surface area contributed by atoms with Crippen LogP contribution in [0.3, 0.4) is 0 Å². The van der Waals surface area contributed by atoms with Crippen molar-refractivity contribution >= 4 is 40.7 Å². The molecule has 174 valence electrons. The third-order valence-electron chi connectivity index (χ3n) is 5.47. The Labute approximate surface area is 201 Å². The van der Waals surface area contributed by atoms with Crippen LogP contribution in [0.15, 0.2) is 33.1 Å². The van der Waals surface area contributed by atoms with E-state index < -0.39 is 17.5 Å². The Morgan fingerprint density at radius 3 is 2.69 bits per heavy atom. The Morgan fingerprint density at radius 2 is 2.00 bits per heavy atom. The molecule has 0 spiro atoms. The minimum atomic E-state index is -1.11. The molecule has 5 rings (SSSR count). The van der Waals surface area contributed by atoms with Gasteiger partial charge in [0.15, 0.2) is 5.69 Å². The zero-order valence-electron chi connectivity index (χ0n) is 18.1. The molecular weight excluding hydrogens is 474 g/mol. The normalized spacial score (nSPS) is 13.5. The Morgan fingerprint density at radius 1 is 1.23 bits per heavy atom. The lowest BCUT2D eigenvalue weighted by Crippen LogP contribution is -2.19. The Hall–Kier alpha value is -4.68. The summed E-state index contributed by atoms with van der Waals surface area (Å²) in [6.45, 7) is 1.97. The van der Waals surface area contributed by atoms with Gasteiger partial charge < -0.3 is 18.7 Å². The second kappa shape index (κ2) is 8.59. The van der Waals surface area contributed by atoms with Gasteiger partial charge in [0.05, 0.1) is 0 Å². The molecule has 1 fully saturated rings. The van der Waals surface area contributed by atoms with Gasteiger partial charge in [-0.25, -0.2) is 4.79 Å². The van der Waals surface area contributed by atoms with E-state index in [4.69, 9.17) is 13.6 Å². The summed E-state index contributed by atoms with van der Waals surface area (Å²) < 4.78 is 20.2. The summed E-state index contributed by atoms with van der Waals surface area (Å²) in [5.41, 5.74) is 0.909. The first-order chi connectivity index (χ1) is 16.9. The van der Waals surface area contributed by atoms with Crippen LogP contribution in [0.4, 0.5) is 10.5 Å². The van der Waals surface area contributed by atoms with E-state index in [9.17, 15) is 20.0 Å². The third kappa shape index (κ3) is 4.18. The van der Waals surface area contributed by atoms with Crippen molar-refractivity contribution in [1.29, 1.82) is 5.26 Å². The van der Waals surface area contributed by atoms with Gasteiger partial charge in [0.2, 0.25) is 5.89 Å². The maximum Gasteiger partial charge on any atom is 0.412 e. The van der Waals surface area contributed by atoms with E-state index in [0.717, 1.165) is 22.7 Å². The maximum absolute atomic E-state index is 12.3. The molecule has 0 radical (unpaired) electrons. The first-order valence-corrected chi connectivity index (χ1v) is 11.1. The lowest BCUT2D eigenvalue weighted by atomic mass is 10.1. The van der Waals surface area contributed by atoms with Crippen molar-refractivity contribution in [3.05, 3.63) is 57.7 Å². The summed E-state index contributed by atoms with van der Waals surface area (Å²) in [7, 11) is 0. The number of fused-ring (bicyclic) bond motifs is 1. The average molecular weight is 489 g/mol. The number of nitrogens with one attached hydrogen (secondary N) is 1. The van der Waals surface area contributed by atoms with Crippen LogP contribution in [-0.4, -0.2) is 31.5 Å². The fourth-order valence-corrected chi connectivity index (χ4v) is 3.93. The van der Waals surface area contributed by atoms with Gasteiger partial charge in [-0.05, 0) is 54.3 Å². The van der Waals surface area contributed by atoms with Crippen LogP contribution in [0.2, 0.25) is 0 Å². The molecule has 1 amide bonds. The Balaban J connectivity index is 1.32. The van der Waals surface area contributed by atoms with Gasteiger partial charge >= 0.3 is 12.1 Å². The summed E-state index contributed by atoms with van der Waals surface area (Å²) in [5.74, 6) is 4.46. The predicted octanol–water partition coefficient (Wildman–Crippen LogP) is 3.72. The van der Waals surface area contributed by atoms with Crippen LogP contribution < -0.4 is 5.32 Å². The molecule has 2 N–H and O–H groups in total. The van der Waals surface area contributed by atoms with Gasteiger partial charge in [-0.15, -0.1) is 0 Å². The predicted molar refractivity (Wildman–Crippen MR) is 120 cm³/mol. The number of aliphatic carboxylic acids is 1. The molecule has 3 heterocycles. The number of nitrogens with zero attached hydrogens (tertiary/aromatic N) is 4. The Bertz CT molecular complexity index is 1550. The van der Waals surface area contributed by atoms with Crippen molar-refractivity contribution in [1.82, 2.24) is 14.3 Å². The third-order valence-corrected chi connectivity index (χ3v) is 6.24. The molecular formula is C23H15N5O6S. The minimum Gasteiger partial charge on any atom is -0.480 e. The number of anilines is 1. The number of nitriles is 1. The molecule has 1 aliphatic rings. The number of ether oxygens (including phenoxy) is 1. The quantitative estimate of drug-likeness (QED) is 0.395. The number of carbonyl (C=O) groups excluding carboxylic acids is 1. The van der Waals surface area contributed by atoms with E-state index in [0.29, 0.717) is 17.7 Å². The van der Waals surface area contributed by atoms with Crippen molar-refractivity contribution in [2.45, 2.75) is 31.8 Å². The molecule has 0 atom stereocenters. The van der Waals surface area contributed by atoms with E-state index in [1.165, 1.54) is 0 Å². The number of carboxylic acids is 1. The van der Waals surface area contributed by atoms with Crippen molar-refractivity contribution < 1.29 is 28.3 Å². The first kappa shape index (κ1) is 22.1. The summed E-state index contributed by atoms with van der Waals surface area (Å²) in [6.07, 6.45) is 0.118. The highest BCUT2D eigenvalue weighted by atomic mass is 32.1. The number of hydrogen-bond donors (Lipinski definition) is 2. The van der Waals surface area contributed by atoms with Gasteiger partial charge in [0.25, 0.3) is 17.3 Å². The average Bonchev–Trinajstić information content (AvgIpc) is 3.23. The second-order valence-corrected chi connectivity index (χ2v) is 8.53. The number of carbonyl (C=O) groups is 2. The van der Waals surface area contributed by atoms with E-state index in [1.807, 2.05) is 37.3 Å². The number of rotatable bonds is 5. The zero-order chi connectivity index (χ0) is 24.6. The first-order valence-electron chi connectivity index (χ1n) is 10.3. The number of benzene rings is 1. The molecule has 0 aliphatic heterocycles. The van der Waals surface area contributed by atoms with Crippen LogP contribution >= 0.6 is 11.5 Å². The molecule has 0 unspecified atom stereocenters. The van der Waals surface area contributed by atoms with Gasteiger partial charge in [0.1, 0.15) is 28.7 Å². The summed E-state index contributed by atoms with van der Waals surface area (Å²) in [5, 5.41) is 21.2. The van der Waals surface area contributed by atoms with Crippen molar-refractivity contribution in [3.63, 3.8) is 0 Å². The Kier molecular flexibility index (Phi) is 5.43. The molecule has 1 aliphatic carbocycles. The maximum atomic E-state index is 12.3. The molecule has 4 aromatic rings. The lowest BCUT2D eigenvalue weighted by Gasteiger charge is -2.08. The number of aryl methyl sites for hydroxylation is 1. The molecule has 1 aromatic carbocycles. The van der Waals surface area contributed by atoms with Crippen molar-refractivity contribution in [2.75, 3.05) is 5.32 Å². The number of amides is 1. The number of hydrogen-bond acceptors (Lipinski definition) is 10. The molecule has 35 heavy (non-hydrogen) atoms. The topological polar surface area (TPSA) is 164 Å². The molecule has 0 saturated heterocycles. The van der Waals surface area contributed by atoms with Gasteiger partial charge in [-0.3, -0.25) is 10.1 Å². The number of aromatic nitrogens is 3. The molecule has 12 heteroatoms. The highest BCUT2D eigenvalue weighted by Gasteiger charge is 2.56. The zero-order valence-corrected chi connectivity index (χ0v) is 18.9. The van der Waals surface area contributed by atoms with E-state index in [2.05, 4.69) is 31.5 Å². The van der Waals surface area contributed by atoms with Crippen LogP contribution in [0.25, 0.3) is 11.4 Å². The summed E-state index contributed by atoms with van der Waals surface area (Å²) in [4.78, 5) is 32.2. The van der Waals surface area contributed by atoms with Gasteiger partial charge in [-0.2, -0.15) is 19.6 Å². The van der Waals surface area contributed by atoms with E-state index in [1.54, 1.807) is 0 Å². The van der Waals surface area contributed by atoms with E-state index in [-0.39, 0.29) is 41.2 Å². The van der Waals surface area contributed by atoms with Crippen LogP contribution in [0, 0.1) is 30.1 Å². The molecule has 3 aromatic heterocycles. The van der Waals surface area contributed by atoms with Crippen molar-refractivity contribution in [2.24, 2.45) is 0 Å². The van der Waals surface area contributed by atoms with Gasteiger partial charge in [0, 0.05) is 0 Å². The molecule has 11 nitrogen and oxygen atoms in total. The minimum absolute atomic E-state index is 0.0111. The number of oxazole rings is 2. The van der Waals surface area contributed by atoms with Crippen molar-refractivity contribution in [3.8, 4) is 17.9 Å². The second-order valence-electron chi connectivity index (χ2n) is 7.76. The summed E-state index contributed by atoms with van der Waals surface area (Å²) >= 11 is 0.915. The molecule has 1 saturated carbocycles. The largest absolute Gasteiger partial charge is 0.480 e. The SMILES string of the molecule is Cc1ccccc1COC(=O)Nc1c(C#N)nsc1C#Cc1nc2oc(C3(C(=O)O)CC3)nc2o1. The summed E-state index contributed by atoms with van der Waals surface area (Å²) in [6, 6.07) is 9.40. The van der Waals surface area contributed by atoms with Crippen LogP contribution in [-0.2, 0) is 21.6 Å². The van der Waals surface area contributed by atoms with Crippen LogP contribution in [0.5, 0.6) is 0 Å². The van der Waals surface area contributed by atoms with Gasteiger partial charge in [-0.1, -0.05) is 24.3 Å². The number of carboxylic acid groups (broad SMARTS) is 1. The smallest absolute Gasteiger partial charge is 0.412 e. The fourth-order valence-electron chi connectivity index (χ4n) is 3.28. The highest BCUT2D eigenvalue weighted by molar-refractivity contribution is 7.07. The van der Waals surface area contributed by atoms with Crippen LogP contribution in [0.1, 0.15) is 46.3 Å². The standard InChI is InChI=1S/C23H15N5O6S/c1-12-4-2-3-5-13(12)11-32-22(31)26-17-14(10-24)28-35-15(17)6-7-16-25-18-19(33-16)27-20(34-18)23(8-9-23)21(29)30/h2-5H,8-9,11H2,1H3,(H,26,31)(H,29,30).